The van der Waals surface area contributed by atoms with E-state index >= 15 is 0 Å². The molecule has 0 saturated carbocycles. The number of aliphatic hydroxyl groups is 5. The van der Waals surface area contributed by atoms with Gasteiger partial charge in [-0.05, 0) is 12.8 Å². The highest BCUT2D eigenvalue weighted by Gasteiger charge is 2.44. The average molecular weight is 1160 g/mol. The molecule has 0 aliphatic carbocycles. The first-order valence-corrected chi connectivity index (χ1v) is 37.2. The third kappa shape index (κ3) is 51.3. The highest BCUT2D eigenvalue weighted by Crippen LogP contribution is 2.24. The number of amides is 1. The van der Waals surface area contributed by atoms with Crippen LogP contribution in [0.5, 0.6) is 0 Å². The van der Waals surface area contributed by atoms with E-state index < -0.39 is 49.5 Å². The van der Waals surface area contributed by atoms with Crippen LogP contribution >= 0.6 is 0 Å². The summed E-state index contributed by atoms with van der Waals surface area (Å²) >= 11 is 0. The number of ether oxygens (including phenoxy) is 2. The topological polar surface area (TPSA) is 149 Å². The van der Waals surface area contributed by atoms with Crippen molar-refractivity contribution in [3.05, 3.63) is 0 Å². The summed E-state index contributed by atoms with van der Waals surface area (Å²) in [4.78, 5) is 13.2. The summed E-state index contributed by atoms with van der Waals surface area (Å²) in [6.45, 7) is 3.92. The number of rotatable bonds is 67. The number of carbonyl (C=O) groups excluding carboxylic acids is 1. The normalized spacial score (nSPS) is 18.2. The van der Waals surface area contributed by atoms with Crippen LogP contribution in [0.4, 0.5) is 0 Å². The van der Waals surface area contributed by atoms with Gasteiger partial charge in [0.15, 0.2) is 6.29 Å². The monoisotopic (exact) mass is 1160 g/mol. The van der Waals surface area contributed by atoms with E-state index in [-0.39, 0.29) is 12.5 Å². The van der Waals surface area contributed by atoms with E-state index in [0.29, 0.717) is 12.8 Å². The number of aliphatic hydroxyl groups excluding tert-OH is 5. The molecule has 1 fully saturated rings. The maximum Gasteiger partial charge on any atom is 0.220 e. The van der Waals surface area contributed by atoms with Gasteiger partial charge >= 0.3 is 0 Å². The van der Waals surface area contributed by atoms with Gasteiger partial charge in [0.25, 0.3) is 0 Å². The summed E-state index contributed by atoms with van der Waals surface area (Å²) in [6.07, 6.45) is 73.4. The van der Waals surface area contributed by atoms with Gasteiger partial charge in [-0.15, -0.1) is 0 Å². The second-order valence-corrected chi connectivity index (χ2v) is 26.5. The highest BCUT2D eigenvalue weighted by molar-refractivity contribution is 5.76. The Morgan fingerprint density at radius 3 is 0.866 bits per heavy atom. The summed E-state index contributed by atoms with van der Waals surface area (Å²) in [5.41, 5.74) is 0. The first-order valence-electron chi connectivity index (χ1n) is 37.2. The van der Waals surface area contributed by atoms with Gasteiger partial charge in [-0.3, -0.25) is 4.79 Å². The highest BCUT2D eigenvalue weighted by atomic mass is 16.7. The van der Waals surface area contributed by atoms with Crippen LogP contribution in [-0.2, 0) is 14.3 Å². The molecule has 1 heterocycles. The number of nitrogens with one attached hydrogen (secondary N) is 1. The van der Waals surface area contributed by atoms with Crippen LogP contribution in [0, 0.1) is 0 Å². The van der Waals surface area contributed by atoms with E-state index in [1.165, 1.54) is 340 Å². The minimum Gasteiger partial charge on any atom is -0.394 e. The van der Waals surface area contributed by atoms with E-state index in [1.54, 1.807) is 0 Å². The first kappa shape index (κ1) is 79.2. The Balaban J connectivity index is 2.07. The van der Waals surface area contributed by atoms with Gasteiger partial charge in [-0.2, -0.15) is 0 Å². The van der Waals surface area contributed by atoms with Crippen molar-refractivity contribution in [1.29, 1.82) is 0 Å². The van der Waals surface area contributed by atoms with Crippen LogP contribution in [0.25, 0.3) is 0 Å². The van der Waals surface area contributed by atoms with Gasteiger partial charge in [0.2, 0.25) is 5.91 Å². The van der Waals surface area contributed by atoms with Gasteiger partial charge in [-0.1, -0.05) is 386 Å². The molecule has 490 valence electrons. The Morgan fingerprint density at radius 2 is 0.610 bits per heavy atom. The SMILES string of the molecule is CCCCCCCCCCCCCCCCCCCCCCCCCCCCCCCCCC(=O)NC(COC1OC(CO)C(O)C(O)C1O)C(O)CCCCCCCCCCCCCCCCCCCCCCCCCCCCCC. The van der Waals surface area contributed by atoms with Crippen LogP contribution < -0.4 is 5.32 Å². The smallest absolute Gasteiger partial charge is 0.220 e. The molecule has 7 unspecified atom stereocenters. The van der Waals surface area contributed by atoms with Crippen LogP contribution in [-0.4, -0.2) is 87.5 Å². The second kappa shape index (κ2) is 63.2. The summed E-state index contributed by atoms with van der Waals surface area (Å²) in [5, 5.41) is 55.0. The number of hydrogen-bond acceptors (Lipinski definition) is 8. The Labute approximate surface area is 510 Å². The summed E-state index contributed by atoms with van der Waals surface area (Å²) in [6, 6.07) is -0.716. The van der Waals surface area contributed by atoms with Crippen molar-refractivity contribution in [3.8, 4) is 0 Å². The number of carbonyl (C=O) groups is 1. The fraction of sp³-hybridized carbons (Fsp3) is 0.986. The number of hydrogen-bond donors (Lipinski definition) is 6. The Kier molecular flexibility index (Phi) is 61.1. The first-order chi connectivity index (χ1) is 40.3. The molecule has 1 rings (SSSR count). The molecule has 1 aliphatic rings. The molecule has 0 aromatic carbocycles. The second-order valence-electron chi connectivity index (χ2n) is 26.5. The van der Waals surface area contributed by atoms with E-state index in [9.17, 15) is 30.3 Å². The third-order valence-electron chi connectivity index (χ3n) is 18.5. The standard InChI is InChI=1S/C73H145NO8/c1-3-5-7-9-11-13-15-17-19-21-23-25-27-29-31-33-34-35-37-39-41-43-45-47-49-51-53-55-57-59-61-63-69(77)74-66(65-81-73-72(80)71(79)70(78)68(64-75)82-73)67(76)62-60-58-56-54-52-50-48-46-44-42-40-38-36-32-30-28-26-24-22-20-18-16-14-12-10-8-6-4-2/h66-68,70-73,75-76,78-80H,3-65H2,1-2H3,(H,74,77). The fourth-order valence-electron chi connectivity index (χ4n) is 12.6. The molecule has 1 aliphatic heterocycles. The molecule has 6 N–H and O–H groups in total. The molecule has 1 saturated heterocycles. The lowest BCUT2D eigenvalue weighted by Gasteiger charge is -2.40. The largest absolute Gasteiger partial charge is 0.394 e. The summed E-state index contributed by atoms with van der Waals surface area (Å²) < 4.78 is 11.4. The van der Waals surface area contributed by atoms with Crippen molar-refractivity contribution < 1.29 is 39.8 Å². The maximum atomic E-state index is 13.2. The lowest BCUT2D eigenvalue weighted by atomic mass is 9.99. The van der Waals surface area contributed by atoms with Crippen LogP contribution in [0.3, 0.4) is 0 Å². The van der Waals surface area contributed by atoms with Crippen molar-refractivity contribution in [2.24, 2.45) is 0 Å². The lowest BCUT2D eigenvalue weighted by Crippen LogP contribution is -2.60. The van der Waals surface area contributed by atoms with Gasteiger partial charge in [0, 0.05) is 6.42 Å². The maximum absolute atomic E-state index is 13.2. The molecule has 0 aromatic heterocycles. The van der Waals surface area contributed by atoms with Crippen LogP contribution in [0.1, 0.15) is 406 Å². The molecule has 0 radical (unpaired) electrons. The van der Waals surface area contributed by atoms with E-state index in [4.69, 9.17) is 9.47 Å². The predicted octanol–water partition coefficient (Wildman–Crippen LogP) is 20.5. The van der Waals surface area contributed by atoms with Crippen LogP contribution in [0.2, 0.25) is 0 Å². The Bertz CT molecular complexity index is 1260. The Morgan fingerprint density at radius 1 is 0.366 bits per heavy atom. The van der Waals surface area contributed by atoms with E-state index in [2.05, 4.69) is 19.2 Å². The zero-order valence-electron chi connectivity index (χ0n) is 55.0. The molecule has 9 heteroatoms. The minimum absolute atomic E-state index is 0.130. The summed E-state index contributed by atoms with van der Waals surface area (Å²) in [7, 11) is 0. The molecule has 0 spiro atoms. The molecule has 0 aromatic rings. The quantitative estimate of drug-likeness (QED) is 0.0330. The molecule has 9 nitrogen and oxygen atoms in total. The van der Waals surface area contributed by atoms with E-state index in [1.807, 2.05) is 0 Å². The summed E-state index contributed by atoms with van der Waals surface area (Å²) in [5.74, 6) is -0.132. The Hall–Kier alpha value is -0.810. The average Bonchev–Trinajstić information content (AvgIpc) is 3.52. The van der Waals surface area contributed by atoms with Crippen LogP contribution in [0.15, 0.2) is 0 Å². The number of unbranched alkanes of at least 4 members (excludes halogenated alkanes) is 57. The van der Waals surface area contributed by atoms with Crippen molar-refractivity contribution in [2.75, 3.05) is 13.2 Å². The van der Waals surface area contributed by atoms with Crippen molar-refractivity contribution >= 4 is 5.91 Å². The molecular weight excluding hydrogens is 1020 g/mol. The zero-order valence-corrected chi connectivity index (χ0v) is 55.0. The van der Waals surface area contributed by atoms with Crippen molar-refractivity contribution in [2.45, 2.75) is 448 Å². The van der Waals surface area contributed by atoms with E-state index in [0.717, 1.165) is 38.5 Å². The van der Waals surface area contributed by atoms with Gasteiger partial charge in [-0.25, -0.2) is 0 Å². The van der Waals surface area contributed by atoms with Gasteiger partial charge in [0.1, 0.15) is 24.4 Å². The van der Waals surface area contributed by atoms with Crippen molar-refractivity contribution in [1.82, 2.24) is 5.32 Å². The fourth-order valence-corrected chi connectivity index (χ4v) is 12.6. The third-order valence-corrected chi connectivity index (χ3v) is 18.5. The molecule has 0 bridgehead atoms. The minimum atomic E-state index is -1.55. The van der Waals surface area contributed by atoms with Gasteiger partial charge < -0.3 is 40.3 Å². The zero-order chi connectivity index (χ0) is 59.3. The molecular formula is C73H145NO8. The lowest BCUT2D eigenvalue weighted by molar-refractivity contribution is -0.302. The predicted molar refractivity (Wildman–Crippen MR) is 351 cm³/mol. The molecule has 1 amide bonds. The molecule has 7 atom stereocenters. The van der Waals surface area contributed by atoms with Crippen molar-refractivity contribution in [3.63, 3.8) is 0 Å². The molecule has 82 heavy (non-hydrogen) atoms. The van der Waals surface area contributed by atoms with Gasteiger partial charge in [0.05, 0.1) is 25.4 Å².